The third kappa shape index (κ3) is 8.19. The molecule has 1 fully saturated rings. The van der Waals surface area contributed by atoms with Crippen LogP contribution in [0.15, 0.2) is 36.4 Å². The summed E-state index contributed by atoms with van der Waals surface area (Å²) in [5.74, 6) is 4.48. The average Bonchev–Trinajstić information content (AvgIpc) is 3.21. The van der Waals surface area contributed by atoms with Gasteiger partial charge in [-0.1, -0.05) is 37.4 Å². The van der Waals surface area contributed by atoms with E-state index in [0.29, 0.717) is 50.3 Å². The van der Waals surface area contributed by atoms with Crippen LogP contribution in [0.5, 0.6) is 5.75 Å². The van der Waals surface area contributed by atoms with E-state index in [-0.39, 0.29) is 53.9 Å². The lowest BCUT2D eigenvalue weighted by Crippen LogP contribution is -2.56. The molecule has 1 amide bonds. The maximum absolute atomic E-state index is 14.0. The normalized spacial score (nSPS) is 30.9. The highest BCUT2D eigenvalue weighted by Gasteiger charge is 2.50. The van der Waals surface area contributed by atoms with Crippen molar-refractivity contribution in [1.82, 2.24) is 4.72 Å². The lowest BCUT2D eigenvalue weighted by atomic mass is 9.63. The molecule has 1 saturated carbocycles. The number of nitrogens with zero attached hydrogens (tertiary/aromatic N) is 1. The second kappa shape index (κ2) is 15.6. The Bertz CT molecular complexity index is 1750. The van der Waals surface area contributed by atoms with Crippen LogP contribution in [0.25, 0.3) is 0 Å². The molecule has 2 aliphatic carbocycles. The van der Waals surface area contributed by atoms with Gasteiger partial charge in [0.2, 0.25) is 0 Å². The molecule has 1 N–H and O–H groups in total. The smallest absolute Gasteiger partial charge is 0.262 e. The minimum absolute atomic E-state index is 0.0185. The molecule has 2 bridgehead atoms. The number of fused-ring (bicyclic) bond motifs is 4. The lowest BCUT2D eigenvalue weighted by Gasteiger charge is -2.52. The Morgan fingerprint density at radius 1 is 1.06 bits per heavy atom. The Hall–Kier alpha value is -2.92. The minimum atomic E-state index is -2.98. The molecule has 2 heterocycles. The molecule has 9 nitrogen and oxygen atoms in total. The molecule has 6 atom stereocenters. The zero-order valence-corrected chi connectivity index (χ0v) is 31.9. The van der Waals surface area contributed by atoms with Crippen LogP contribution in [-0.2, 0) is 40.6 Å². The number of halogens is 1. The van der Waals surface area contributed by atoms with E-state index in [1.807, 2.05) is 25.1 Å². The van der Waals surface area contributed by atoms with Crippen LogP contribution in [0.2, 0.25) is 5.02 Å². The maximum Gasteiger partial charge on any atom is 0.262 e. The number of amides is 1. The summed E-state index contributed by atoms with van der Waals surface area (Å²) < 4.78 is 36.2. The van der Waals surface area contributed by atoms with Crippen LogP contribution < -0.4 is 14.4 Å². The summed E-state index contributed by atoms with van der Waals surface area (Å²) in [5, 5.41) is 0.413. The van der Waals surface area contributed by atoms with Crippen molar-refractivity contribution in [3.63, 3.8) is 0 Å². The molecule has 2 aliphatic heterocycles. The average molecular weight is 741 g/mol. The molecule has 0 saturated heterocycles. The largest absolute Gasteiger partial charge is 0.490 e. The lowest BCUT2D eigenvalue weighted by molar-refractivity contribution is -0.175. The van der Waals surface area contributed by atoms with E-state index in [2.05, 4.69) is 27.6 Å². The molecule has 0 aromatic heterocycles. The summed E-state index contributed by atoms with van der Waals surface area (Å²) in [4.78, 5) is 40.5. The Morgan fingerprint density at radius 2 is 1.86 bits per heavy atom. The summed E-state index contributed by atoms with van der Waals surface area (Å²) >= 11 is 6.48. The van der Waals surface area contributed by atoms with Crippen LogP contribution in [0.1, 0.15) is 100 Å². The number of nitrogens with one attached hydrogen (secondary N) is 1. The quantitative estimate of drug-likeness (QED) is 0.306. The molecule has 2 aromatic rings. The van der Waals surface area contributed by atoms with Crippen LogP contribution in [0.3, 0.4) is 0 Å². The zero-order valence-electron chi connectivity index (χ0n) is 30.3. The highest BCUT2D eigenvalue weighted by atomic mass is 35.5. The van der Waals surface area contributed by atoms with E-state index in [0.717, 1.165) is 55.7 Å². The van der Waals surface area contributed by atoms with Gasteiger partial charge in [0.05, 0.1) is 34.2 Å². The van der Waals surface area contributed by atoms with Gasteiger partial charge in [-0.05, 0) is 124 Å². The molecule has 0 radical (unpaired) electrons. The second-order valence-corrected chi connectivity index (χ2v) is 18.2. The van der Waals surface area contributed by atoms with Gasteiger partial charge in [-0.2, -0.15) is 0 Å². The number of benzene rings is 2. The van der Waals surface area contributed by atoms with Gasteiger partial charge < -0.3 is 19.1 Å². The number of aryl methyl sites for hydroxylation is 1. The van der Waals surface area contributed by atoms with Crippen molar-refractivity contribution >= 4 is 50.3 Å². The second-order valence-electron chi connectivity index (χ2n) is 15.4. The van der Waals surface area contributed by atoms with E-state index >= 15 is 0 Å². The van der Waals surface area contributed by atoms with Gasteiger partial charge in [0, 0.05) is 34.3 Å². The standard InChI is InChI=1S/C40H53ClN2O7S/c1-5-33-10-6-7-18-40(50-23-28(3)45,26-48-22-27(2)44)35-14-11-31(35)21-43-24-39(17-8-9-29-19-32(41)13-15-34(29)39)25-49-37-16-12-30(20-36(37)43)38(46)42-51(33,4)47/h12-13,15-16,19-20,31,33,35H,4-11,14,17-18,21-26H2,1-3H3,(H,42,46,47)/t31-,33+,35+,39-,40-,51?/m0/s1. The minimum Gasteiger partial charge on any atom is -0.490 e. The topological polar surface area (TPSA) is 111 Å². The summed E-state index contributed by atoms with van der Waals surface area (Å²) in [6, 6.07) is 11.7. The predicted octanol–water partition coefficient (Wildman–Crippen LogP) is 6.50. The van der Waals surface area contributed by atoms with Crippen LogP contribution in [0.4, 0.5) is 5.69 Å². The number of carbonyl (C=O) groups excluding carboxylic acids is 3. The fraction of sp³-hybridized carbons (Fsp3) is 0.600. The fourth-order valence-electron chi connectivity index (χ4n) is 8.98. The van der Waals surface area contributed by atoms with Crippen LogP contribution in [-0.4, -0.2) is 77.9 Å². The molecule has 1 unspecified atom stereocenters. The monoisotopic (exact) mass is 740 g/mol. The predicted molar refractivity (Wildman–Crippen MR) is 203 cm³/mol. The third-order valence-electron chi connectivity index (χ3n) is 11.7. The summed E-state index contributed by atoms with van der Waals surface area (Å²) in [7, 11) is -2.98. The molecule has 6 rings (SSSR count). The third-order valence-corrected chi connectivity index (χ3v) is 14.1. The van der Waals surface area contributed by atoms with Gasteiger partial charge >= 0.3 is 0 Å². The van der Waals surface area contributed by atoms with Crippen molar-refractivity contribution in [1.29, 1.82) is 0 Å². The Labute approximate surface area is 308 Å². The molecular formula is C40H53ClN2O7S. The number of hydrogen-bond donors (Lipinski definition) is 1. The summed E-state index contributed by atoms with van der Waals surface area (Å²) in [6.45, 7) is 7.01. The van der Waals surface area contributed by atoms with E-state index in [1.165, 1.54) is 25.0 Å². The van der Waals surface area contributed by atoms with Crippen molar-refractivity contribution in [2.24, 2.45) is 11.8 Å². The first kappa shape index (κ1) is 37.8. The van der Waals surface area contributed by atoms with Gasteiger partial charge in [0.1, 0.15) is 19.0 Å². The van der Waals surface area contributed by atoms with Crippen molar-refractivity contribution in [3.05, 3.63) is 58.1 Å². The molecule has 1 spiro atoms. The van der Waals surface area contributed by atoms with E-state index in [4.69, 9.17) is 25.8 Å². The zero-order chi connectivity index (χ0) is 36.4. The Morgan fingerprint density at radius 3 is 2.59 bits per heavy atom. The van der Waals surface area contributed by atoms with Gasteiger partial charge in [0.15, 0.2) is 11.6 Å². The van der Waals surface area contributed by atoms with Crippen molar-refractivity contribution in [2.75, 3.05) is 44.4 Å². The van der Waals surface area contributed by atoms with Gasteiger partial charge in [-0.25, -0.2) is 4.21 Å². The molecule has 4 aliphatic rings. The first-order chi connectivity index (χ1) is 24.3. The maximum atomic E-state index is 14.0. The van der Waals surface area contributed by atoms with Crippen molar-refractivity contribution < 1.29 is 32.8 Å². The molecule has 51 heavy (non-hydrogen) atoms. The van der Waals surface area contributed by atoms with E-state index < -0.39 is 21.2 Å². The number of ketones is 2. The van der Waals surface area contributed by atoms with E-state index in [1.54, 1.807) is 6.07 Å². The molecular weight excluding hydrogens is 688 g/mol. The number of anilines is 1. The van der Waals surface area contributed by atoms with Crippen LogP contribution in [0, 0.1) is 11.8 Å². The number of ether oxygens (including phenoxy) is 3. The van der Waals surface area contributed by atoms with Gasteiger partial charge in [0.25, 0.3) is 5.91 Å². The SMILES string of the molecule is C=S1(=O)NC(=O)c2ccc3c(c2)N(C[C@@H]2CC[C@H]2[C@](COCC(C)=O)(OCC(C)=O)CCCC[C@H]1CC)C[C@@]1(CCCc2cc(Cl)ccc21)CO3. The number of carbonyl (C=O) groups is 3. The van der Waals surface area contributed by atoms with Gasteiger partial charge in [-0.3, -0.25) is 19.1 Å². The summed E-state index contributed by atoms with van der Waals surface area (Å²) in [6.07, 6.45) is 8.11. The van der Waals surface area contributed by atoms with Crippen LogP contribution >= 0.6 is 11.6 Å². The van der Waals surface area contributed by atoms with E-state index in [9.17, 15) is 18.6 Å². The molecule has 278 valence electrons. The van der Waals surface area contributed by atoms with Crippen molar-refractivity contribution in [2.45, 2.75) is 101 Å². The van der Waals surface area contributed by atoms with Gasteiger partial charge in [-0.15, -0.1) is 0 Å². The molecule has 11 heteroatoms. The molecule has 2 aromatic carbocycles. The number of Topliss-reactive ketones (excluding diaryl/α,β-unsaturated/α-hetero) is 2. The van der Waals surface area contributed by atoms with Crippen molar-refractivity contribution in [3.8, 4) is 5.75 Å². The number of rotatable bonds is 8. The number of hydrogen-bond acceptors (Lipinski definition) is 8. The highest BCUT2D eigenvalue weighted by Crippen LogP contribution is 2.50. The summed E-state index contributed by atoms with van der Waals surface area (Å²) in [5.41, 5.74) is 2.65. The Balaban J connectivity index is 1.44. The highest BCUT2D eigenvalue weighted by molar-refractivity contribution is 7.99. The first-order valence-electron chi connectivity index (χ1n) is 18.5. The first-order valence-corrected chi connectivity index (χ1v) is 20.7. The fourth-order valence-corrected chi connectivity index (χ4v) is 10.9. The Kier molecular flexibility index (Phi) is 11.6.